The number of sulfonamides is 1. The Morgan fingerprint density at radius 2 is 2.14 bits per heavy atom. The normalized spacial score (nSPS) is 12.1. The Hall–Kier alpha value is -1.18. The lowest BCUT2D eigenvalue weighted by Gasteiger charge is -2.20. The van der Waals surface area contributed by atoms with E-state index < -0.39 is 10.0 Å². The Bertz CT molecular complexity index is 532. The van der Waals surface area contributed by atoms with Crippen molar-refractivity contribution in [1.29, 1.82) is 0 Å². The van der Waals surface area contributed by atoms with Gasteiger partial charge in [0, 0.05) is 32.5 Å². The van der Waals surface area contributed by atoms with Gasteiger partial charge in [0.25, 0.3) is 0 Å². The predicted octanol–water partition coefficient (Wildman–Crippen LogP) is 1.95. The van der Waals surface area contributed by atoms with Gasteiger partial charge >= 0.3 is 0 Å². The molecule has 1 heterocycles. The first-order valence-corrected chi connectivity index (χ1v) is 8.59. The fraction of sp³-hybridized carbons (Fsp3) is 0.643. The van der Waals surface area contributed by atoms with E-state index in [1.165, 1.54) is 10.5 Å². The van der Waals surface area contributed by atoms with Crippen molar-refractivity contribution >= 4 is 15.7 Å². The van der Waals surface area contributed by atoms with Gasteiger partial charge in [0.1, 0.15) is 4.90 Å². The van der Waals surface area contributed by atoms with Crippen LogP contribution in [0.1, 0.15) is 27.2 Å². The van der Waals surface area contributed by atoms with Crippen LogP contribution in [0, 0.1) is 0 Å². The fourth-order valence-electron chi connectivity index (χ4n) is 1.70. The van der Waals surface area contributed by atoms with Crippen LogP contribution in [0.2, 0.25) is 0 Å². The molecule has 0 aromatic carbocycles. The Balaban J connectivity index is 2.86. The summed E-state index contributed by atoms with van der Waals surface area (Å²) in [6, 6.07) is 1.68. The van der Waals surface area contributed by atoms with E-state index in [2.05, 4.69) is 10.3 Å². The number of nitrogens with zero attached hydrogens (tertiary/aromatic N) is 2. The second-order valence-corrected chi connectivity index (χ2v) is 7.06. The van der Waals surface area contributed by atoms with Crippen LogP contribution < -0.4 is 5.32 Å². The third-order valence-electron chi connectivity index (χ3n) is 2.90. The first kappa shape index (κ1) is 17.9. The SMILES string of the molecule is CCCNc1ccncc1S(=O)(=O)N(C)CCOC(C)C. The molecule has 120 valence electrons. The van der Waals surface area contributed by atoms with Crippen LogP contribution in [0.5, 0.6) is 0 Å². The molecule has 7 heteroatoms. The van der Waals surface area contributed by atoms with Crippen LogP contribution in [0.25, 0.3) is 0 Å². The van der Waals surface area contributed by atoms with Crippen LogP contribution in [-0.2, 0) is 14.8 Å². The maximum absolute atomic E-state index is 12.6. The Morgan fingerprint density at radius 3 is 2.76 bits per heavy atom. The first-order valence-electron chi connectivity index (χ1n) is 7.15. The van der Waals surface area contributed by atoms with E-state index in [0.717, 1.165) is 6.42 Å². The molecule has 0 bridgehead atoms. The van der Waals surface area contributed by atoms with Crippen molar-refractivity contribution in [3.63, 3.8) is 0 Å². The zero-order valence-electron chi connectivity index (χ0n) is 13.2. The molecule has 0 unspecified atom stereocenters. The maximum atomic E-state index is 12.6. The summed E-state index contributed by atoms with van der Waals surface area (Å²) in [7, 11) is -2.02. The van der Waals surface area contributed by atoms with Gasteiger partial charge in [0.2, 0.25) is 10.0 Å². The van der Waals surface area contributed by atoms with Gasteiger partial charge in [-0.1, -0.05) is 6.92 Å². The molecule has 0 atom stereocenters. The molecule has 1 aromatic rings. The number of hydrogen-bond donors (Lipinski definition) is 1. The predicted molar refractivity (Wildman–Crippen MR) is 83.9 cm³/mol. The lowest BCUT2D eigenvalue weighted by Crippen LogP contribution is -2.31. The van der Waals surface area contributed by atoms with Crippen LogP contribution in [0.3, 0.4) is 0 Å². The minimum Gasteiger partial charge on any atom is -0.384 e. The minimum absolute atomic E-state index is 0.0845. The molecule has 21 heavy (non-hydrogen) atoms. The van der Waals surface area contributed by atoms with E-state index in [1.807, 2.05) is 20.8 Å². The molecule has 0 saturated carbocycles. The summed E-state index contributed by atoms with van der Waals surface area (Å²) in [4.78, 5) is 4.13. The highest BCUT2D eigenvalue weighted by Gasteiger charge is 2.24. The van der Waals surface area contributed by atoms with Gasteiger partial charge in [-0.15, -0.1) is 0 Å². The molecular weight excluding hydrogens is 290 g/mol. The molecule has 6 nitrogen and oxygen atoms in total. The summed E-state index contributed by atoms with van der Waals surface area (Å²) in [5.41, 5.74) is 0.587. The monoisotopic (exact) mass is 315 g/mol. The van der Waals surface area contributed by atoms with Crippen molar-refractivity contribution in [2.24, 2.45) is 0 Å². The highest BCUT2D eigenvalue weighted by Crippen LogP contribution is 2.22. The lowest BCUT2D eigenvalue weighted by atomic mass is 10.4. The van der Waals surface area contributed by atoms with E-state index in [-0.39, 0.29) is 11.0 Å². The lowest BCUT2D eigenvalue weighted by molar-refractivity contribution is 0.0737. The van der Waals surface area contributed by atoms with Gasteiger partial charge in [0.05, 0.1) is 18.4 Å². The Kier molecular flexibility index (Phi) is 7.07. The number of likely N-dealkylation sites (N-methyl/N-ethyl adjacent to an activating group) is 1. The van der Waals surface area contributed by atoms with E-state index in [1.54, 1.807) is 19.3 Å². The highest BCUT2D eigenvalue weighted by molar-refractivity contribution is 7.89. The van der Waals surface area contributed by atoms with Crippen LogP contribution >= 0.6 is 0 Å². The van der Waals surface area contributed by atoms with Gasteiger partial charge in [-0.3, -0.25) is 4.98 Å². The molecule has 1 rings (SSSR count). The topological polar surface area (TPSA) is 71.5 Å². The molecule has 0 spiro atoms. The number of ether oxygens (including phenoxy) is 1. The van der Waals surface area contributed by atoms with Crippen molar-refractivity contribution in [3.8, 4) is 0 Å². The summed E-state index contributed by atoms with van der Waals surface area (Å²) >= 11 is 0. The minimum atomic E-state index is -3.57. The third kappa shape index (κ3) is 5.26. The average molecular weight is 315 g/mol. The third-order valence-corrected chi connectivity index (χ3v) is 4.78. The number of rotatable bonds is 9. The summed E-state index contributed by atoms with van der Waals surface area (Å²) in [5.74, 6) is 0. The standard InChI is InChI=1S/C14H25N3O3S/c1-5-7-16-13-6-8-15-11-14(13)21(18,19)17(4)9-10-20-12(2)3/h6,8,11-12H,5,7,9-10H2,1-4H3,(H,15,16). The summed E-state index contributed by atoms with van der Waals surface area (Å²) in [5, 5.41) is 3.12. The van der Waals surface area contributed by atoms with Crippen LogP contribution in [-0.4, -0.2) is 50.6 Å². The molecule has 0 fully saturated rings. The number of pyridine rings is 1. The Labute approximate surface area is 127 Å². The van der Waals surface area contributed by atoms with Crippen molar-refractivity contribution in [2.45, 2.75) is 38.2 Å². The molecule has 0 aliphatic carbocycles. The molecule has 1 N–H and O–H groups in total. The van der Waals surface area contributed by atoms with Crippen molar-refractivity contribution < 1.29 is 13.2 Å². The smallest absolute Gasteiger partial charge is 0.246 e. The van der Waals surface area contributed by atoms with Gasteiger partial charge in [-0.05, 0) is 26.3 Å². The molecular formula is C14H25N3O3S. The van der Waals surface area contributed by atoms with Gasteiger partial charge < -0.3 is 10.1 Å². The molecule has 0 amide bonds. The van der Waals surface area contributed by atoms with Crippen molar-refractivity contribution in [3.05, 3.63) is 18.5 Å². The maximum Gasteiger partial charge on any atom is 0.246 e. The quantitative estimate of drug-likeness (QED) is 0.754. The van der Waals surface area contributed by atoms with Gasteiger partial charge in [0.15, 0.2) is 0 Å². The Morgan fingerprint density at radius 1 is 1.43 bits per heavy atom. The van der Waals surface area contributed by atoms with E-state index in [0.29, 0.717) is 25.4 Å². The van der Waals surface area contributed by atoms with E-state index >= 15 is 0 Å². The highest BCUT2D eigenvalue weighted by atomic mass is 32.2. The van der Waals surface area contributed by atoms with Crippen molar-refractivity contribution in [2.75, 3.05) is 32.1 Å². The van der Waals surface area contributed by atoms with Crippen LogP contribution in [0.4, 0.5) is 5.69 Å². The zero-order valence-corrected chi connectivity index (χ0v) is 14.0. The zero-order chi connectivity index (χ0) is 15.9. The molecule has 1 aromatic heterocycles. The molecule has 0 saturated heterocycles. The van der Waals surface area contributed by atoms with Gasteiger partial charge in [-0.25, -0.2) is 8.42 Å². The molecule has 0 aliphatic rings. The second kappa shape index (κ2) is 8.31. The second-order valence-electron chi connectivity index (χ2n) is 5.04. The number of nitrogens with one attached hydrogen (secondary N) is 1. The van der Waals surface area contributed by atoms with E-state index in [9.17, 15) is 8.42 Å². The summed E-state index contributed by atoms with van der Waals surface area (Å²) in [6.07, 6.45) is 3.97. The van der Waals surface area contributed by atoms with E-state index in [4.69, 9.17) is 4.74 Å². The summed E-state index contributed by atoms with van der Waals surface area (Å²) < 4.78 is 31.9. The first-order chi connectivity index (χ1) is 9.89. The fourth-order valence-corrected chi connectivity index (χ4v) is 2.96. The number of aromatic nitrogens is 1. The molecule has 0 aliphatic heterocycles. The van der Waals surface area contributed by atoms with Crippen molar-refractivity contribution in [1.82, 2.24) is 9.29 Å². The number of anilines is 1. The number of hydrogen-bond acceptors (Lipinski definition) is 5. The molecule has 0 radical (unpaired) electrons. The average Bonchev–Trinajstić information content (AvgIpc) is 2.44. The summed E-state index contributed by atoms with van der Waals surface area (Å²) in [6.45, 7) is 7.25. The largest absolute Gasteiger partial charge is 0.384 e. The van der Waals surface area contributed by atoms with Crippen LogP contribution in [0.15, 0.2) is 23.4 Å². The van der Waals surface area contributed by atoms with Gasteiger partial charge in [-0.2, -0.15) is 4.31 Å².